The van der Waals surface area contributed by atoms with Crippen LogP contribution < -0.4 is 5.56 Å². The highest BCUT2D eigenvalue weighted by atomic mass is 79.9. The quantitative estimate of drug-likeness (QED) is 0.303. The van der Waals surface area contributed by atoms with E-state index in [1.165, 1.54) is 12.1 Å². The average molecular weight is 435 g/mol. The second kappa shape index (κ2) is 6.00. The lowest BCUT2D eigenvalue weighted by Crippen LogP contribution is -2.20. The van der Waals surface area contributed by atoms with Crippen molar-refractivity contribution in [1.29, 1.82) is 0 Å². The highest BCUT2D eigenvalue weighted by Gasteiger charge is 2.18. The lowest BCUT2D eigenvalue weighted by atomic mass is 10.1. The molecule has 0 amide bonds. The average Bonchev–Trinajstić information content (AvgIpc) is 3.07. The lowest BCUT2D eigenvalue weighted by molar-refractivity contribution is -0.384. The van der Waals surface area contributed by atoms with Gasteiger partial charge in [0.25, 0.3) is 11.2 Å². The number of hydrogen-bond donors (Lipinski definition) is 0. The van der Waals surface area contributed by atoms with Crippen LogP contribution in [0.4, 0.5) is 5.69 Å². The van der Waals surface area contributed by atoms with Crippen molar-refractivity contribution in [3.63, 3.8) is 0 Å². The molecule has 7 nitrogen and oxygen atoms in total. The maximum atomic E-state index is 13.4. The Kier molecular flexibility index (Phi) is 3.56. The molecular formula is C20H11BrN4O3. The van der Waals surface area contributed by atoms with E-state index < -0.39 is 4.92 Å². The van der Waals surface area contributed by atoms with E-state index in [9.17, 15) is 14.9 Å². The van der Waals surface area contributed by atoms with E-state index in [2.05, 4.69) is 15.9 Å². The molecule has 5 aromatic rings. The van der Waals surface area contributed by atoms with Crippen molar-refractivity contribution in [1.82, 2.24) is 14.0 Å². The van der Waals surface area contributed by atoms with Gasteiger partial charge < -0.3 is 0 Å². The highest BCUT2D eigenvalue weighted by Crippen LogP contribution is 2.27. The van der Waals surface area contributed by atoms with Crippen LogP contribution in [0.25, 0.3) is 33.3 Å². The monoisotopic (exact) mass is 434 g/mol. The van der Waals surface area contributed by atoms with E-state index in [0.29, 0.717) is 27.9 Å². The summed E-state index contributed by atoms with van der Waals surface area (Å²) in [5, 5.41) is 12.3. The van der Waals surface area contributed by atoms with Crippen LogP contribution in [-0.2, 0) is 0 Å². The van der Waals surface area contributed by atoms with Crippen LogP contribution in [0.15, 0.2) is 76.1 Å². The van der Waals surface area contributed by atoms with Crippen molar-refractivity contribution < 1.29 is 4.92 Å². The van der Waals surface area contributed by atoms with Crippen LogP contribution in [0.2, 0.25) is 0 Å². The first-order chi connectivity index (χ1) is 13.5. The van der Waals surface area contributed by atoms with Crippen molar-refractivity contribution in [2.45, 2.75) is 0 Å². The maximum absolute atomic E-state index is 13.4. The second-order valence-electron chi connectivity index (χ2n) is 6.32. The molecule has 0 unspecified atom stereocenters. The number of non-ortho nitro benzene ring substituents is 1. The lowest BCUT2D eigenvalue weighted by Gasteiger charge is -2.11. The molecule has 0 fully saturated rings. The second-order valence-corrected chi connectivity index (χ2v) is 7.23. The van der Waals surface area contributed by atoms with Crippen LogP contribution in [0.1, 0.15) is 0 Å². The zero-order valence-electron chi connectivity index (χ0n) is 14.2. The Morgan fingerprint density at radius 1 is 0.964 bits per heavy atom. The molecule has 0 bridgehead atoms. The number of benzene rings is 2. The third-order valence-electron chi connectivity index (χ3n) is 4.70. The van der Waals surface area contributed by atoms with E-state index in [0.717, 1.165) is 9.86 Å². The molecule has 28 heavy (non-hydrogen) atoms. The Morgan fingerprint density at radius 3 is 2.39 bits per heavy atom. The van der Waals surface area contributed by atoms with Gasteiger partial charge in [0.2, 0.25) is 0 Å². The predicted octanol–water partition coefficient (Wildman–Crippen LogP) is 4.46. The number of rotatable bonds is 2. The molecule has 0 spiro atoms. The van der Waals surface area contributed by atoms with Gasteiger partial charge in [-0.15, -0.1) is 0 Å². The van der Waals surface area contributed by atoms with Gasteiger partial charge in [-0.25, -0.2) is 4.98 Å². The number of pyridine rings is 2. The molecule has 136 valence electrons. The molecule has 8 heteroatoms. The number of fused-ring (bicyclic) bond motifs is 5. The molecule has 0 atom stereocenters. The van der Waals surface area contributed by atoms with Gasteiger partial charge in [-0.2, -0.15) is 0 Å². The maximum Gasteiger partial charge on any atom is 0.269 e. The first-order valence-corrected chi connectivity index (χ1v) is 9.20. The van der Waals surface area contributed by atoms with Crippen molar-refractivity contribution in [3.05, 3.63) is 91.8 Å². The third-order valence-corrected chi connectivity index (χ3v) is 5.17. The van der Waals surface area contributed by atoms with E-state index in [4.69, 9.17) is 4.98 Å². The summed E-state index contributed by atoms with van der Waals surface area (Å²) in [6.45, 7) is 0. The summed E-state index contributed by atoms with van der Waals surface area (Å²) < 4.78 is 4.23. The summed E-state index contributed by atoms with van der Waals surface area (Å²) in [4.78, 5) is 28.6. The van der Waals surface area contributed by atoms with E-state index in [1.807, 2.05) is 40.9 Å². The van der Waals surface area contributed by atoms with Crippen LogP contribution in [0.5, 0.6) is 0 Å². The van der Waals surface area contributed by atoms with Crippen LogP contribution >= 0.6 is 15.9 Å². The molecule has 0 N–H and O–H groups in total. The molecule has 0 radical (unpaired) electrons. The van der Waals surface area contributed by atoms with Crippen molar-refractivity contribution in [2.75, 3.05) is 0 Å². The zero-order valence-corrected chi connectivity index (χ0v) is 15.8. The standard InChI is InChI=1S/C20H11BrN4O3/c21-12-5-10-17-22-18-15-3-1-2-4-16(15)20(26)24(19(18)23(17)11-12)13-6-8-14(9-7-13)25(27)28/h1-11H. The molecule has 5 rings (SSSR count). The summed E-state index contributed by atoms with van der Waals surface area (Å²) in [6.07, 6.45) is 1.85. The van der Waals surface area contributed by atoms with Gasteiger partial charge in [0.15, 0.2) is 5.65 Å². The Labute approximate surface area is 165 Å². The molecule has 3 aromatic heterocycles. The minimum Gasteiger partial charge on any atom is -0.284 e. The van der Waals surface area contributed by atoms with Crippen molar-refractivity contribution >= 4 is 49.2 Å². The van der Waals surface area contributed by atoms with Gasteiger partial charge in [0.05, 0.1) is 10.6 Å². The molecular weight excluding hydrogens is 424 g/mol. The smallest absolute Gasteiger partial charge is 0.269 e. The summed E-state index contributed by atoms with van der Waals surface area (Å²) >= 11 is 3.47. The number of nitro benzene ring substituents is 1. The van der Waals surface area contributed by atoms with Crippen LogP contribution in [0, 0.1) is 10.1 Å². The van der Waals surface area contributed by atoms with Gasteiger partial charge in [-0.1, -0.05) is 18.2 Å². The van der Waals surface area contributed by atoms with Gasteiger partial charge in [0, 0.05) is 33.6 Å². The highest BCUT2D eigenvalue weighted by molar-refractivity contribution is 9.10. The van der Waals surface area contributed by atoms with Gasteiger partial charge in [-0.05, 0) is 46.3 Å². The first kappa shape index (κ1) is 16.6. The van der Waals surface area contributed by atoms with E-state index in [1.54, 1.807) is 22.8 Å². The van der Waals surface area contributed by atoms with Crippen molar-refractivity contribution in [3.8, 4) is 5.69 Å². The molecule has 3 heterocycles. The summed E-state index contributed by atoms with van der Waals surface area (Å²) in [5.74, 6) is 0. The fourth-order valence-corrected chi connectivity index (χ4v) is 3.79. The molecule has 0 aliphatic carbocycles. The number of nitrogens with zero attached hydrogens (tertiary/aromatic N) is 4. The molecule has 0 saturated carbocycles. The largest absolute Gasteiger partial charge is 0.284 e. The fraction of sp³-hybridized carbons (Fsp3) is 0. The van der Waals surface area contributed by atoms with E-state index in [-0.39, 0.29) is 11.2 Å². The number of hydrogen-bond acceptors (Lipinski definition) is 4. The topological polar surface area (TPSA) is 82.4 Å². The van der Waals surface area contributed by atoms with Crippen LogP contribution in [-0.4, -0.2) is 18.9 Å². The molecule has 0 aliphatic rings. The van der Waals surface area contributed by atoms with E-state index >= 15 is 0 Å². The number of halogens is 1. The Balaban J connectivity index is 1.99. The van der Waals surface area contributed by atoms with Gasteiger partial charge >= 0.3 is 0 Å². The summed E-state index contributed by atoms with van der Waals surface area (Å²) in [5.41, 5.74) is 2.28. The minimum atomic E-state index is -0.464. The number of aromatic nitrogens is 3. The molecule has 2 aromatic carbocycles. The Hall–Kier alpha value is -3.52. The molecule has 0 saturated heterocycles. The Bertz CT molecular complexity index is 1470. The molecule has 0 aliphatic heterocycles. The minimum absolute atomic E-state index is 0.0327. The normalized spacial score (nSPS) is 11.5. The van der Waals surface area contributed by atoms with Gasteiger partial charge in [0.1, 0.15) is 11.2 Å². The summed E-state index contributed by atoms with van der Waals surface area (Å²) in [6, 6.07) is 17.0. The Morgan fingerprint density at radius 2 is 1.68 bits per heavy atom. The van der Waals surface area contributed by atoms with Crippen molar-refractivity contribution in [2.24, 2.45) is 0 Å². The fourth-order valence-electron chi connectivity index (χ4n) is 3.46. The first-order valence-electron chi connectivity index (χ1n) is 8.40. The summed E-state index contributed by atoms with van der Waals surface area (Å²) in [7, 11) is 0. The third kappa shape index (κ3) is 2.35. The zero-order chi connectivity index (χ0) is 19.4. The SMILES string of the molecule is O=c1c2ccccc2c2nc3ccc(Br)cn3c2n1-c1ccc([N+](=O)[O-])cc1. The number of imidazole rings is 1. The predicted molar refractivity (Wildman–Crippen MR) is 110 cm³/mol. The van der Waals surface area contributed by atoms with Gasteiger partial charge in [-0.3, -0.25) is 23.9 Å². The number of nitro groups is 1. The van der Waals surface area contributed by atoms with Crippen LogP contribution in [0.3, 0.4) is 0 Å².